The predicted molar refractivity (Wildman–Crippen MR) is 58.4 cm³/mol. The highest BCUT2D eigenvalue weighted by atomic mass is 35.5. The lowest BCUT2D eigenvalue weighted by molar-refractivity contribution is -0.00372. The number of halogens is 2. The van der Waals surface area contributed by atoms with E-state index in [1.54, 1.807) is 12.1 Å². The number of hydrogen-bond donors (Lipinski definition) is 1. The smallest absolute Gasteiger partial charge is 0.147 e. The van der Waals surface area contributed by atoms with Crippen molar-refractivity contribution in [1.82, 2.24) is 0 Å². The number of hydrogen-bond acceptors (Lipinski definition) is 1. The highest BCUT2D eigenvalue weighted by Gasteiger charge is 2.33. The topological polar surface area (TPSA) is 20.2 Å². The molecule has 1 nitrogen and oxygen atoms in total. The summed E-state index contributed by atoms with van der Waals surface area (Å²) in [6.07, 6.45) is 4.27. The molecule has 0 aromatic heterocycles. The first kappa shape index (κ1) is 10.9. The van der Waals surface area contributed by atoms with Crippen LogP contribution in [-0.2, 0) is 5.60 Å². The van der Waals surface area contributed by atoms with Gasteiger partial charge in [0.1, 0.15) is 5.82 Å². The van der Waals surface area contributed by atoms with Gasteiger partial charge in [0.05, 0.1) is 10.6 Å². The van der Waals surface area contributed by atoms with Gasteiger partial charge in [-0.05, 0) is 18.9 Å². The molecule has 0 aliphatic heterocycles. The van der Waals surface area contributed by atoms with Crippen molar-refractivity contribution >= 4 is 11.6 Å². The number of aliphatic hydroxyl groups is 1. The summed E-state index contributed by atoms with van der Waals surface area (Å²) in [7, 11) is 0. The molecule has 1 fully saturated rings. The van der Waals surface area contributed by atoms with Gasteiger partial charge in [-0.25, -0.2) is 4.39 Å². The molecule has 0 heterocycles. The first-order valence-corrected chi connectivity index (χ1v) is 5.68. The van der Waals surface area contributed by atoms with Gasteiger partial charge in [-0.2, -0.15) is 0 Å². The third-order valence-electron chi connectivity index (χ3n) is 3.13. The van der Waals surface area contributed by atoms with E-state index >= 15 is 0 Å². The van der Waals surface area contributed by atoms with Crippen molar-refractivity contribution in [2.24, 2.45) is 0 Å². The summed E-state index contributed by atoms with van der Waals surface area (Å²) in [5.41, 5.74) is -0.651. The number of rotatable bonds is 1. The van der Waals surface area contributed by atoms with Gasteiger partial charge in [0.2, 0.25) is 0 Å². The standard InChI is InChI=1S/C12H14ClFO/c13-10-6-4-5-9(11(10)14)12(15)7-2-1-3-8-12/h4-6,15H,1-3,7-8H2. The SMILES string of the molecule is OC1(c2cccc(Cl)c2F)CCCCC1. The van der Waals surface area contributed by atoms with E-state index in [1.165, 1.54) is 6.07 Å². The first-order valence-electron chi connectivity index (χ1n) is 5.30. The molecule has 0 radical (unpaired) electrons. The molecule has 1 aromatic carbocycles. The molecule has 1 N–H and O–H groups in total. The maximum absolute atomic E-state index is 13.7. The Kier molecular flexibility index (Phi) is 2.98. The van der Waals surface area contributed by atoms with E-state index in [1.807, 2.05) is 0 Å². The summed E-state index contributed by atoms with van der Waals surface area (Å²) in [5.74, 6) is -0.469. The fourth-order valence-corrected chi connectivity index (χ4v) is 2.44. The lowest BCUT2D eigenvalue weighted by Gasteiger charge is -2.32. The lowest BCUT2D eigenvalue weighted by Crippen LogP contribution is -2.29. The van der Waals surface area contributed by atoms with Crippen LogP contribution in [0.15, 0.2) is 18.2 Å². The molecule has 0 amide bonds. The van der Waals surface area contributed by atoms with Gasteiger partial charge in [-0.3, -0.25) is 0 Å². The highest BCUT2D eigenvalue weighted by Crippen LogP contribution is 2.39. The van der Waals surface area contributed by atoms with Crippen molar-refractivity contribution in [3.05, 3.63) is 34.6 Å². The molecule has 3 heteroatoms. The van der Waals surface area contributed by atoms with Crippen LogP contribution in [-0.4, -0.2) is 5.11 Å². The fourth-order valence-electron chi connectivity index (χ4n) is 2.27. The van der Waals surface area contributed by atoms with Gasteiger partial charge in [0.15, 0.2) is 0 Å². The third-order valence-corrected chi connectivity index (χ3v) is 3.43. The molecule has 0 saturated heterocycles. The van der Waals surface area contributed by atoms with Crippen LogP contribution in [0.3, 0.4) is 0 Å². The molecular weight excluding hydrogens is 215 g/mol. The minimum atomic E-state index is -1.01. The molecule has 15 heavy (non-hydrogen) atoms. The largest absolute Gasteiger partial charge is 0.385 e. The van der Waals surface area contributed by atoms with Crippen molar-refractivity contribution < 1.29 is 9.50 Å². The molecule has 1 aliphatic carbocycles. The minimum absolute atomic E-state index is 0.0894. The van der Waals surface area contributed by atoms with Crippen molar-refractivity contribution in [3.8, 4) is 0 Å². The maximum atomic E-state index is 13.7. The van der Waals surface area contributed by atoms with Gasteiger partial charge in [0, 0.05) is 5.56 Å². The fraction of sp³-hybridized carbons (Fsp3) is 0.500. The zero-order chi connectivity index (χ0) is 10.9. The van der Waals surface area contributed by atoms with E-state index < -0.39 is 11.4 Å². The molecular formula is C12H14ClFO. The van der Waals surface area contributed by atoms with Crippen LogP contribution >= 0.6 is 11.6 Å². The Morgan fingerprint density at radius 1 is 1.20 bits per heavy atom. The zero-order valence-corrected chi connectivity index (χ0v) is 9.23. The van der Waals surface area contributed by atoms with Crippen LogP contribution in [0.4, 0.5) is 4.39 Å². The van der Waals surface area contributed by atoms with Crippen LogP contribution < -0.4 is 0 Å². The number of benzene rings is 1. The van der Waals surface area contributed by atoms with E-state index in [9.17, 15) is 9.50 Å². The average molecular weight is 229 g/mol. The van der Waals surface area contributed by atoms with Crippen molar-refractivity contribution in [3.63, 3.8) is 0 Å². The van der Waals surface area contributed by atoms with E-state index in [-0.39, 0.29) is 5.02 Å². The second kappa shape index (κ2) is 4.11. The Balaban J connectivity index is 2.39. The Morgan fingerprint density at radius 3 is 2.53 bits per heavy atom. The summed E-state index contributed by atoms with van der Waals surface area (Å²) >= 11 is 5.71. The third kappa shape index (κ3) is 2.01. The van der Waals surface area contributed by atoms with Gasteiger partial charge in [-0.15, -0.1) is 0 Å². The molecule has 0 spiro atoms. The van der Waals surface area contributed by atoms with Crippen LogP contribution in [0.2, 0.25) is 5.02 Å². The normalized spacial score (nSPS) is 20.2. The van der Waals surface area contributed by atoms with Gasteiger partial charge in [-0.1, -0.05) is 43.0 Å². The summed E-state index contributed by atoms with van der Waals surface area (Å²) in [5, 5.41) is 10.4. The summed E-state index contributed by atoms with van der Waals surface area (Å²) in [6, 6.07) is 4.83. The van der Waals surface area contributed by atoms with Crippen molar-refractivity contribution in [2.45, 2.75) is 37.7 Å². The van der Waals surface area contributed by atoms with Crippen molar-refractivity contribution in [1.29, 1.82) is 0 Å². The molecule has 1 aromatic rings. The zero-order valence-electron chi connectivity index (χ0n) is 8.47. The van der Waals surface area contributed by atoms with Crippen molar-refractivity contribution in [2.75, 3.05) is 0 Å². The molecule has 1 aliphatic rings. The minimum Gasteiger partial charge on any atom is -0.385 e. The maximum Gasteiger partial charge on any atom is 0.147 e. The van der Waals surface area contributed by atoms with E-state index in [2.05, 4.69) is 0 Å². The Bertz CT molecular complexity index is 359. The molecule has 0 atom stereocenters. The van der Waals surface area contributed by atoms with Gasteiger partial charge < -0.3 is 5.11 Å². The predicted octanol–water partition coefficient (Wildman–Crippen LogP) is 3.63. The second-order valence-corrected chi connectivity index (χ2v) is 4.60. The Hall–Kier alpha value is -0.600. The summed E-state index contributed by atoms with van der Waals surface area (Å²) < 4.78 is 13.7. The molecule has 2 rings (SSSR count). The van der Waals surface area contributed by atoms with E-state index in [0.29, 0.717) is 18.4 Å². The Morgan fingerprint density at radius 2 is 1.87 bits per heavy atom. The monoisotopic (exact) mass is 228 g/mol. The van der Waals surface area contributed by atoms with Crippen LogP contribution in [0.25, 0.3) is 0 Å². The highest BCUT2D eigenvalue weighted by molar-refractivity contribution is 6.30. The van der Waals surface area contributed by atoms with Crippen LogP contribution in [0.5, 0.6) is 0 Å². The first-order chi connectivity index (χ1) is 7.13. The van der Waals surface area contributed by atoms with Crippen LogP contribution in [0.1, 0.15) is 37.7 Å². The summed E-state index contributed by atoms with van der Waals surface area (Å²) in [6.45, 7) is 0. The van der Waals surface area contributed by atoms with E-state index in [0.717, 1.165) is 19.3 Å². The quantitative estimate of drug-likeness (QED) is 0.778. The summed E-state index contributed by atoms with van der Waals surface area (Å²) in [4.78, 5) is 0. The van der Waals surface area contributed by atoms with Gasteiger partial charge >= 0.3 is 0 Å². The average Bonchev–Trinajstić information content (AvgIpc) is 2.23. The van der Waals surface area contributed by atoms with Gasteiger partial charge in [0.25, 0.3) is 0 Å². The second-order valence-electron chi connectivity index (χ2n) is 4.19. The molecule has 0 unspecified atom stereocenters. The molecule has 82 valence electrons. The molecule has 1 saturated carbocycles. The molecule has 0 bridgehead atoms. The lowest BCUT2D eigenvalue weighted by atomic mass is 9.79. The van der Waals surface area contributed by atoms with Crippen LogP contribution in [0, 0.1) is 5.82 Å². The Labute approximate surface area is 93.9 Å². The van der Waals surface area contributed by atoms with E-state index in [4.69, 9.17) is 11.6 Å².